The molecule has 82 valence electrons. The molecule has 2 aromatic rings. The van der Waals surface area contributed by atoms with E-state index in [1.54, 1.807) is 7.11 Å². The number of hydrogen-bond acceptors (Lipinski definition) is 4. The quantitative estimate of drug-likeness (QED) is 0.765. The van der Waals surface area contributed by atoms with Gasteiger partial charge in [0.25, 0.3) is 0 Å². The normalized spacial score (nSPS) is 10.1. The van der Waals surface area contributed by atoms with Crippen molar-refractivity contribution in [1.29, 1.82) is 0 Å². The van der Waals surface area contributed by atoms with Gasteiger partial charge in [0.1, 0.15) is 5.75 Å². The van der Waals surface area contributed by atoms with Gasteiger partial charge in [-0.3, -0.25) is 4.79 Å². The number of ether oxygens (including phenoxy) is 1. The number of nitrogens with zero attached hydrogens (tertiary/aromatic N) is 1. The Labute approximate surface area is 97.7 Å². The molecule has 1 heterocycles. The Hall–Kier alpha value is -1.68. The van der Waals surface area contributed by atoms with Gasteiger partial charge in [0.05, 0.1) is 22.7 Å². The summed E-state index contributed by atoms with van der Waals surface area (Å²) in [5.74, 6) is 0.795. The van der Waals surface area contributed by atoms with E-state index in [9.17, 15) is 4.79 Å². The summed E-state index contributed by atoms with van der Waals surface area (Å²) in [7, 11) is 1.62. The van der Waals surface area contributed by atoms with Gasteiger partial charge in [-0.1, -0.05) is 0 Å². The van der Waals surface area contributed by atoms with Crippen molar-refractivity contribution < 1.29 is 9.53 Å². The van der Waals surface area contributed by atoms with Crippen LogP contribution in [-0.2, 0) is 0 Å². The lowest BCUT2D eigenvalue weighted by Crippen LogP contribution is -1.85. The zero-order valence-corrected chi connectivity index (χ0v) is 9.88. The molecule has 3 nitrogen and oxygen atoms in total. The fourth-order valence-corrected chi connectivity index (χ4v) is 2.24. The number of carbonyl (C=O) groups excluding carboxylic acids is 1. The fraction of sp³-hybridized carbons (Fsp3) is 0.167. The van der Waals surface area contributed by atoms with Crippen molar-refractivity contribution in [3.63, 3.8) is 0 Å². The van der Waals surface area contributed by atoms with Crippen molar-refractivity contribution in [2.75, 3.05) is 7.11 Å². The summed E-state index contributed by atoms with van der Waals surface area (Å²) in [5, 5.41) is 0.896. The zero-order valence-electron chi connectivity index (χ0n) is 9.06. The van der Waals surface area contributed by atoms with Crippen molar-refractivity contribution in [3.05, 3.63) is 34.2 Å². The number of aryl methyl sites for hydroxylation is 1. The molecular weight excluding hydrogens is 222 g/mol. The summed E-state index contributed by atoms with van der Waals surface area (Å²) in [4.78, 5) is 15.9. The maximum Gasteiger partial charge on any atom is 0.162 e. The zero-order chi connectivity index (χ0) is 11.5. The Morgan fingerprint density at radius 3 is 2.56 bits per heavy atom. The van der Waals surface area contributed by atoms with Crippen LogP contribution in [0.25, 0.3) is 11.3 Å². The molecule has 1 aromatic carbocycles. The van der Waals surface area contributed by atoms with E-state index >= 15 is 0 Å². The first kappa shape index (κ1) is 10.8. The molecule has 0 bridgehead atoms. The number of aldehydes is 1. The van der Waals surface area contributed by atoms with Gasteiger partial charge in [-0.15, -0.1) is 11.3 Å². The predicted octanol–water partition coefficient (Wildman–Crippen LogP) is 2.94. The molecule has 0 fully saturated rings. The van der Waals surface area contributed by atoms with Crippen LogP contribution >= 0.6 is 11.3 Å². The van der Waals surface area contributed by atoms with Crippen molar-refractivity contribution in [2.24, 2.45) is 0 Å². The molecule has 0 saturated heterocycles. The van der Waals surface area contributed by atoms with Crippen LogP contribution in [0.15, 0.2) is 24.3 Å². The van der Waals surface area contributed by atoms with Gasteiger partial charge in [0, 0.05) is 5.56 Å². The summed E-state index contributed by atoms with van der Waals surface area (Å²) in [6.45, 7) is 1.89. The fourth-order valence-electron chi connectivity index (χ4n) is 1.48. The molecule has 0 radical (unpaired) electrons. The van der Waals surface area contributed by atoms with E-state index in [-0.39, 0.29) is 0 Å². The van der Waals surface area contributed by atoms with E-state index in [0.717, 1.165) is 28.3 Å². The van der Waals surface area contributed by atoms with Gasteiger partial charge in [-0.25, -0.2) is 4.98 Å². The number of hydrogen-bond donors (Lipinski definition) is 0. The maximum atomic E-state index is 10.9. The first-order chi connectivity index (χ1) is 7.74. The highest BCUT2D eigenvalue weighted by Gasteiger charge is 2.10. The summed E-state index contributed by atoms with van der Waals surface area (Å²) in [6, 6.07) is 7.53. The standard InChI is InChI=1S/C12H11NO2S/c1-8-13-12(11(7-14)16-8)9-3-5-10(15-2)6-4-9/h3-7H,1-2H3. The highest BCUT2D eigenvalue weighted by atomic mass is 32.1. The van der Waals surface area contributed by atoms with Crippen molar-refractivity contribution in [2.45, 2.75) is 6.92 Å². The summed E-state index contributed by atoms with van der Waals surface area (Å²) < 4.78 is 5.08. The van der Waals surface area contributed by atoms with E-state index < -0.39 is 0 Å². The highest BCUT2D eigenvalue weighted by Crippen LogP contribution is 2.27. The van der Waals surface area contributed by atoms with Gasteiger partial charge >= 0.3 is 0 Å². The topological polar surface area (TPSA) is 39.2 Å². The number of carbonyl (C=O) groups is 1. The first-order valence-electron chi connectivity index (χ1n) is 4.81. The molecule has 0 atom stereocenters. The number of benzene rings is 1. The summed E-state index contributed by atoms with van der Waals surface area (Å²) in [6.07, 6.45) is 0.851. The minimum Gasteiger partial charge on any atom is -0.497 e. The second kappa shape index (κ2) is 4.45. The number of methoxy groups -OCH3 is 1. The lowest BCUT2D eigenvalue weighted by Gasteiger charge is -2.01. The molecule has 0 spiro atoms. The molecular formula is C12H11NO2S. The molecule has 0 aliphatic rings. The molecule has 16 heavy (non-hydrogen) atoms. The third kappa shape index (κ3) is 1.97. The third-order valence-corrected chi connectivity index (χ3v) is 3.13. The second-order valence-electron chi connectivity index (χ2n) is 3.29. The first-order valence-corrected chi connectivity index (χ1v) is 5.63. The lowest BCUT2D eigenvalue weighted by molar-refractivity contribution is 0.112. The monoisotopic (exact) mass is 233 g/mol. The summed E-state index contributed by atoms with van der Waals surface area (Å²) >= 11 is 1.41. The highest BCUT2D eigenvalue weighted by molar-refractivity contribution is 7.13. The van der Waals surface area contributed by atoms with Crippen LogP contribution in [0.4, 0.5) is 0 Å². The number of aromatic nitrogens is 1. The van der Waals surface area contributed by atoms with E-state index in [1.165, 1.54) is 11.3 Å². The van der Waals surface area contributed by atoms with E-state index in [2.05, 4.69) is 4.98 Å². The Balaban J connectivity index is 2.45. The van der Waals surface area contributed by atoms with Gasteiger partial charge in [0.2, 0.25) is 0 Å². The smallest absolute Gasteiger partial charge is 0.162 e. The Morgan fingerprint density at radius 2 is 2.00 bits per heavy atom. The van der Waals surface area contributed by atoms with Gasteiger partial charge < -0.3 is 4.74 Å². The lowest BCUT2D eigenvalue weighted by atomic mass is 10.1. The van der Waals surface area contributed by atoms with Gasteiger partial charge in [0.15, 0.2) is 6.29 Å². The van der Waals surface area contributed by atoms with E-state index in [0.29, 0.717) is 4.88 Å². The van der Waals surface area contributed by atoms with Crippen LogP contribution in [0, 0.1) is 6.92 Å². The maximum absolute atomic E-state index is 10.9. The predicted molar refractivity (Wildman–Crippen MR) is 64.2 cm³/mol. The second-order valence-corrected chi connectivity index (χ2v) is 4.53. The van der Waals surface area contributed by atoms with E-state index in [4.69, 9.17) is 4.74 Å². The Bertz CT molecular complexity index is 502. The summed E-state index contributed by atoms with van der Waals surface area (Å²) in [5.41, 5.74) is 1.69. The minimum atomic E-state index is 0.669. The van der Waals surface area contributed by atoms with Crippen LogP contribution in [0.3, 0.4) is 0 Å². The largest absolute Gasteiger partial charge is 0.497 e. The molecule has 0 unspecified atom stereocenters. The molecule has 0 amide bonds. The van der Waals surface area contributed by atoms with Crippen LogP contribution < -0.4 is 4.74 Å². The Kier molecular flexibility index (Phi) is 3.01. The van der Waals surface area contributed by atoms with Crippen molar-refractivity contribution in [1.82, 2.24) is 4.98 Å². The Morgan fingerprint density at radius 1 is 1.31 bits per heavy atom. The van der Waals surface area contributed by atoms with E-state index in [1.807, 2.05) is 31.2 Å². The number of rotatable bonds is 3. The molecule has 0 aliphatic heterocycles. The molecule has 4 heteroatoms. The van der Waals surface area contributed by atoms with Gasteiger partial charge in [-0.05, 0) is 31.2 Å². The molecule has 0 N–H and O–H groups in total. The van der Waals surface area contributed by atoms with Crippen molar-refractivity contribution >= 4 is 17.6 Å². The average Bonchev–Trinajstić information content (AvgIpc) is 2.70. The molecule has 1 aromatic heterocycles. The SMILES string of the molecule is COc1ccc(-c2nc(C)sc2C=O)cc1. The van der Waals surface area contributed by atoms with Crippen LogP contribution in [0.1, 0.15) is 14.7 Å². The van der Waals surface area contributed by atoms with Gasteiger partial charge in [-0.2, -0.15) is 0 Å². The molecule has 0 aliphatic carbocycles. The minimum absolute atomic E-state index is 0.669. The average molecular weight is 233 g/mol. The molecule has 2 rings (SSSR count). The third-order valence-electron chi connectivity index (χ3n) is 2.23. The van der Waals surface area contributed by atoms with Crippen LogP contribution in [0.5, 0.6) is 5.75 Å². The van der Waals surface area contributed by atoms with Crippen LogP contribution in [-0.4, -0.2) is 18.4 Å². The van der Waals surface area contributed by atoms with Crippen molar-refractivity contribution in [3.8, 4) is 17.0 Å². The van der Waals surface area contributed by atoms with Crippen LogP contribution in [0.2, 0.25) is 0 Å². The number of thiazole rings is 1. The molecule has 0 saturated carbocycles.